The number of hydrogen-bond acceptors (Lipinski definition) is 3. The molecule has 4 heteroatoms. The van der Waals surface area contributed by atoms with Crippen LogP contribution in [-0.2, 0) is 6.54 Å². The Kier molecular flexibility index (Phi) is 4.01. The minimum absolute atomic E-state index is 0.663. The first-order valence-corrected chi connectivity index (χ1v) is 8.27. The molecule has 1 aromatic rings. The van der Waals surface area contributed by atoms with Crippen molar-refractivity contribution in [2.45, 2.75) is 77.5 Å². The Balaban J connectivity index is 1.82. The zero-order valence-electron chi connectivity index (χ0n) is 13.1. The predicted octanol–water partition coefficient (Wildman–Crippen LogP) is 2.71. The van der Waals surface area contributed by atoms with Crippen molar-refractivity contribution in [2.24, 2.45) is 0 Å². The van der Waals surface area contributed by atoms with Crippen LogP contribution in [-0.4, -0.2) is 34.2 Å². The molecule has 20 heavy (non-hydrogen) atoms. The van der Waals surface area contributed by atoms with E-state index >= 15 is 0 Å². The molecule has 3 rings (SSSR count). The molecule has 0 amide bonds. The lowest BCUT2D eigenvalue weighted by molar-refractivity contribution is 0.345. The summed E-state index contributed by atoms with van der Waals surface area (Å²) in [6, 6.07) is 2.14. The SMILES string of the molecule is CCCn1cc(C)nc1N(CC)C1CC2CCC(C1)N2. The summed E-state index contributed by atoms with van der Waals surface area (Å²) in [6.07, 6.45) is 8.65. The third kappa shape index (κ3) is 2.58. The number of hydrogen-bond donors (Lipinski definition) is 1. The van der Waals surface area contributed by atoms with E-state index in [0.29, 0.717) is 6.04 Å². The molecule has 2 unspecified atom stereocenters. The zero-order chi connectivity index (χ0) is 14.1. The van der Waals surface area contributed by atoms with Crippen molar-refractivity contribution in [1.82, 2.24) is 14.9 Å². The molecule has 2 aliphatic heterocycles. The van der Waals surface area contributed by atoms with Crippen LogP contribution in [0.1, 0.15) is 51.6 Å². The van der Waals surface area contributed by atoms with Crippen molar-refractivity contribution >= 4 is 5.95 Å². The summed E-state index contributed by atoms with van der Waals surface area (Å²) in [5.74, 6) is 1.19. The number of aromatic nitrogens is 2. The maximum absolute atomic E-state index is 4.81. The molecule has 0 aromatic carbocycles. The van der Waals surface area contributed by atoms with Gasteiger partial charge >= 0.3 is 0 Å². The fraction of sp³-hybridized carbons (Fsp3) is 0.812. The van der Waals surface area contributed by atoms with Gasteiger partial charge in [-0.1, -0.05) is 6.92 Å². The van der Waals surface area contributed by atoms with Crippen LogP contribution in [0.3, 0.4) is 0 Å². The summed E-state index contributed by atoms with van der Waals surface area (Å²) >= 11 is 0. The minimum Gasteiger partial charge on any atom is -0.339 e. The van der Waals surface area contributed by atoms with Crippen molar-refractivity contribution in [3.63, 3.8) is 0 Å². The average Bonchev–Trinajstić information content (AvgIpc) is 2.94. The van der Waals surface area contributed by atoms with E-state index in [1.165, 1.54) is 31.6 Å². The van der Waals surface area contributed by atoms with Crippen LogP contribution in [0.4, 0.5) is 5.95 Å². The number of nitrogens with zero attached hydrogens (tertiary/aromatic N) is 3. The van der Waals surface area contributed by atoms with E-state index in [9.17, 15) is 0 Å². The molecule has 4 nitrogen and oxygen atoms in total. The molecule has 1 aromatic heterocycles. The van der Waals surface area contributed by atoms with E-state index < -0.39 is 0 Å². The van der Waals surface area contributed by atoms with Gasteiger partial charge in [0.05, 0.1) is 5.69 Å². The molecule has 0 spiro atoms. The quantitative estimate of drug-likeness (QED) is 0.897. The van der Waals surface area contributed by atoms with Crippen molar-refractivity contribution in [2.75, 3.05) is 11.4 Å². The molecule has 0 radical (unpaired) electrons. The van der Waals surface area contributed by atoms with Gasteiger partial charge in [0.25, 0.3) is 0 Å². The van der Waals surface area contributed by atoms with Crippen LogP contribution < -0.4 is 10.2 Å². The van der Waals surface area contributed by atoms with Gasteiger partial charge in [0.2, 0.25) is 5.95 Å². The summed E-state index contributed by atoms with van der Waals surface area (Å²) in [6.45, 7) is 8.74. The van der Waals surface area contributed by atoms with Crippen molar-refractivity contribution in [3.05, 3.63) is 11.9 Å². The van der Waals surface area contributed by atoms with Crippen molar-refractivity contribution in [1.29, 1.82) is 0 Å². The molecule has 1 N–H and O–H groups in total. The Morgan fingerprint density at radius 3 is 2.60 bits per heavy atom. The second-order valence-electron chi connectivity index (χ2n) is 6.42. The molecular weight excluding hydrogens is 248 g/mol. The Hall–Kier alpha value is -1.03. The summed E-state index contributed by atoms with van der Waals surface area (Å²) in [5, 5.41) is 3.74. The summed E-state index contributed by atoms with van der Waals surface area (Å²) in [4.78, 5) is 7.36. The van der Waals surface area contributed by atoms with Crippen LogP contribution in [0.25, 0.3) is 0 Å². The lowest BCUT2D eigenvalue weighted by Crippen LogP contribution is -2.49. The van der Waals surface area contributed by atoms with Gasteiger partial charge in [-0.05, 0) is 46.0 Å². The first-order valence-electron chi connectivity index (χ1n) is 8.27. The van der Waals surface area contributed by atoms with Crippen molar-refractivity contribution < 1.29 is 0 Å². The number of aryl methyl sites for hydroxylation is 2. The van der Waals surface area contributed by atoms with Gasteiger partial charge in [0.1, 0.15) is 0 Å². The molecule has 0 saturated carbocycles. The van der Waals surface area contributed by atoms with Crippen LogP contribution >= 0.6 is 0 Å². The number of imidazole rings is 1. The highest BCUT2D eigenvalue weighted by Gasteiger charge is 2.36. The van der Waals surface area contributed by atoms with Crippen LogP contribution in [0.15, 0.2) is 6.20 Å². The van der Waals surface area contributed by atoms with Crippen LogP contribution in [0.5, 0.6) is 0 Å². The highest BCUT2D eigenvalue weighted by atomic mass is 15.3. The molecule has 2 bridgehead atoms. The number of fused-ring (bicyclic) bond motifs is 2. The van der Waals surface area contributed by atoms with Crippen LogP contribution in [0.2, 0.25) is 0 Å². The van der Waals surface area contributed by atoms with Gasteiger partial charge in [0, 0.05) is 37.4 Å². The number of anilines is 1. The normalized spacial score (nSPS) is 28.9. The monoisotopic (exact) mass is 276 g/mol. The average molecular weight is 276 g/mol. The topological polar surface area (TPSA) is 33.1 Å². The maximum Gasteiger partial charge on any atom is 0.205 e. The van der Waals surface area contributed by atoms with Crippen molar-refractivity contribution in [3.8, 4) is 0 Å². The highest BCUT2D eigenvalue weighted by Crippen LogP contribution is 2.32. The Morgan fingerprint density at radius 1 is 1.30 bits per heavy atom. The standard InChI is InChI=1S/C16H28N4/c1-4-8-19-11-12(3)17-16(19)20(5-2)15-9-13-6-7-14(10-15)18-13/h11,13-15,18H,4-10H2,1-3H3. The van der Waals surface area contributed by atoms with E-state index in [-0.39, 0.29) is 0 Å². The molecular formula is C16H28N4. The number of rotatable bonds is 5. The molecule has 2 fully saturated rings. The molecule has 2 atom stereocenters. The Labute approximate surface area is 122 Å². The fourth-order valence-corrected chi connectivity index (χ4v) is 4.01. The van der Waals surface area contributed by atoms with Gasteiger partial charge in [-0.25, -0.2) is 4.98 Å². The van der Waals surface area contributed by atoms with E-state index in [4.69, 9.17) is 4.98 Å². The van der Waals surface area contributed by atoms with Gasteiger partial charge < -0.3 is 14.8 Å². The lowest BCUT2D eigenvalue weighted by Gasteiger charge is -2.38. The van der Waals surface area contributed by atoms with Gasteiger partial charge in [-0.3, -0.25) is 0 Å². The summed E-state index contributed by atoms with van der Waals surface area (Å²) < 4.78 is 2.35. The molecule has 2 saturated heterocycles. The second-order valence-corrected chi connectivity index (χ2v) is 6.42. The largest absolute Gasteiger partial charge is 0.339 e. The van der Waals surface area contributed by atoms with E-state index in [1.54, 1.807) is 0 Å². The molecule has 112 valence electrons. The van der Waals surface area contributed by atoms with Gasteiger partial charge in [-0.2, -0.15) is 0 Å². The predicted molar refractivity (Wildman–Crippen MR) is 83.2 cm³/mol. The highest BCUT2D eigenvalue weighted by molar-refractivity contribution is 5.35. The van der Waals surface area contributed by atoms with E-state index in [0.717, 1.165) is 37.3 Å². The summed E-state index contributed by atoms with van der Waals surface area (Å²) in [5.41, 5.74) is 1.14. The lowest BCUT2D eigenvalue weighted by atomic mass is 9.98. The third-order valence-electron chi connectivity index (χ3n) is 4.83. The minimum atomic E-state index is 0.663. The fourth-order valence-electron chi connectivity index (χ4n) is 4.01. The first kappa shape index (κ1) is 13.9. The van der Waals surface area contributed by atoms with E-state index in [1.807, 2.05) is 0 Å². The number of nitrogens with one attached hydrogen (secondary N) is 1. The summed E-state index contributed by atoms with van der Waals surface area (Å²) in [7, 11) is 0. The van der Waals surface area contributed by atoms with Gasteiger partial charge in [0.15, 0.2) is 0 Å². The van der Waals surface area contributed by atoms with E-state index in [2.05, 4.69) is 41.8 Å². The molecule has 3 heterocycles. The Bertz CT molecular complexity index is 441. The molecule has 2 aliphatic rings. The first-order chi connectivity index (χ1) is 9.71. The number of piperidine rings is 1. The maximum atomic E-state index is 4.81. The van der Waals surface area contributed by atoms with Crippen LogP contribution in [0, 0.1) is 6.92 Å². The van der Waals surface area contributed by atoms with Gasteiger partial charge in [-0.15, -0.1) is 0 Å². The zero-order valence-corrected chi connectivity index (χ0v) is 13.1. The molecule has 0 aliphatic carbocycles. The Morgan fingerprint density at radius 2 is 2.00 bits per heavy atom. The third-order valence-corrected chi connectivity index (χ3v) is 4.83. The smallest absolute Gasteiger partial charge is 0.205 e. The second kappa shape index (κ2) is 5.76.